The van der Waals surface area contributed by atoms with Crippen molar-refractivity contribution in [2.24, 2.45) is 0 Å². The summed E-state index contributed by atoms with van der Waals surface area (Å²) < 4.78 is 5.10. The minimum atomic E-state index is -0.303. The number of aromatic nitrogens is 3. The quantitative estimate of drug-likeness (QED) is 0.806. The molecule has 1 heterocycles. The van der Waals surface area contributed by atoms with Gasteiger partial charge >= 0.3 is 0 Å². The van der Waals surface area contributed by atoms with Gasteiger partial charge in [-0.3, -0.25) is 4.79 Å². The van der Waals surface area contributed by atoms with Crippen LogP contribution in [0.1, 0.15) is 0 Å². The van der Waals surface area contributed by atoms with Crippen LogP contribution in [0.15, 0.2) is 53.3 Å². The molecule has 0 radical (unpaired) electrons. The summed E-state index contributed by atoms with van der Waals surface area (Å²) in [6.45, 7) is 0. The van der Waals surface area contributed by atoms with Crippen LogP contribution in [-0.4, -0.2) is 22.3 Å². The van der Waals surface area contributed by atoms with Gasteiger partial charge in [0.2, 0.25) is 0 Å². The lowest BCUT2D eigenvalue weighted by molar-refractivity contribution is 0.415. The minimum Gasteiger partial charge on any atom is -0.497 e. The maximum Gasteiger partial charge on any atom is 0.278 e. The predicted molar refractivity (Wildman–Crippen MR) is 85.1 cm³/mol. The van der Waals surface area contributed by atoms with Gasteiger partial charge in [-0.1, -0.05) is 23.7 Å². The number of aromatic amines is 1. The zero-order valence-electron chi connectivity index (χ0n) is 11.7. The van der Waals surface area contributed by atoms with Crippen molar-refractivity contribution in [3.63, 3.8) is 0 Å². The minimum absolute atomic E-state index is 0.258. The highest BCUT2D eigenvalue weighted by atomic mass is 35.5. The molecule has 1 aromatic heterocycles. The van der Waals surface area contributed by atoms with E-state index in [2.05, 4.69) is 15.2 Å². The van der Waals surface area contributed by atoms with Crippen molar-refractivity contribution in [1.82, 2.24) is 15.2 Å². The Balaban J connectivity index is 1.98. The van der Waals surface area contributed by atoms with Crippen LogP contribution in [0.5, 0.6) is 5.75 Å². The molecule has 3 aromatic rings. The molecule has 0 aliphatic rings. The molecular weight excluding hydrogens is 302 g/mol. The number of ether oxygens (including phenoxy) is 1. The number of H-pyrrole nitrogens is 1. The first-order valence-corrected chi connectivity index (χ1v) is 6.92. The molecule has 0 unspecified atom stereocenters. The smallest absolute Gasteiger partial charge is 0.278 e. The fourth-order valence-electron chi connectivity index (χ4n) is 2.01. The summed E-state index contributed by atoms with van der Waals surface area (Å²) in [6, 6.07) is 14.1. The van der Waals surface area contributed by atoms with Gasteiger partial charge in [-0.2, -0.15) is 0 Å². The zero-order chi connectivity index (χ0) is 15.5. The normalized spacial score (nSPS) is 10.5. The summed E-state index contributed by atoms with van der Waals surface area (Å²) in [5, 5.41) is 8.71. The third kappa shape index (κ3) is 2.84. The van der Waals surface area contributed by atoms with E-state index in [0.717, 1.165) is 11.3 Å². The summed E-state index contributed by atoms with van der Waals surface area (Å²) >= 11 is 5.84. The average Bonchev–Trinajstić information content (AvgIpc) is 2.56. The Hall–Kier alpha value is -2.66. The van der Waals surface area contributed by atoms with Crippen molar-refractivity contribution in [2.75, 3.05) is 7.11 Å². The van der Waals surface area contributed by atoms with Crippen LogP contribution in [0.2, 0.25) is 5.02 Å². The van der Waals surface area contributed by atoms with Crippen LogP contribution in [0.4, 0.5) is 0 Å². The molecule has 0 fully saturated rings. The number of hydrogen-bond acceptors (Lipinski definition) is 4. The number of benzene rings is 2. The highest BCUT2D eigenvalue weighted by molar-refractivity contribution is 6.30. The molecule has 5 nitrogen and oxygen atoms in total. The van der Waals surface area contributed by atoms with Crippen LogP contribution in [0, 0.1) is 0 Å². The molecule has 3 rings (SSSR count). The molecule has 2 aromatic carbocycles. The van der Waals surface area contributed by atoms with Crippen LogP contribution in [0.3, 0.4) is 0 Å². The summed E-state index contributed by atoms with van der Waals surface area (Å²) in [6.07, 6.45) is 0. The Kier molecular flexibility index (Phi) is 3.89. The lowest BCUT2D eigenvalue weighted by atomic mass is 10.1. The SMILES string of the molecule is COc1ccc(-c2nnc(-c3ccc(Cl)cc3)c(=O)[nH]2)cc1. The number of rotatable bonds is 3. The summed E-state index contributed by atoms with van der Waals surface area (Å²) in [4.78, 5) is 14.9. The molecule has 0 bridgehead atoms. The maximum atomic E-state index is 12.2. The summed E-state index contributed by atoms with van der Waals surface area (Å²) in [7, 11) is 1.59. The average molecular weight is 314 g/mol. The number of methoxy groups -OCH3 is 1. The Morgan fingerprint density at radius 2 is 1.59 bits per heavy atom. The van der Waals surface area contributed by atoms with Gasteiger partial charge in [0.25, 0.3) is 5.56 Å². The monoisotopic (exact) mass is 313 g/mol. The first-order valence-electron chi connectivity index (χ1n) is 6.55. The van der Waals surface area contributed by atoms with E-state index in [-0.39, 0.29) is 11.3 Å². The maximum absolute atomic E-state index is 12.2. The lowest BCUT2D eigenvalue weighted by Gasteiger charge is -2.04. The van der Waals surface area contributed by atoms with Gasteiger partial charge in [-0.05, 0) is 36.4 Å². The van der Waals surface area contributed by atoms with Gasteiger partial charge in [-0.25, -0.2) is 0 Å². The van der Waals surface area contributed by atoms with Crippen LogP contribution in [0.25, 0.3) is 22.6 Å². The fraction of sp³-hybridized carbons (Fsp3) is 0.0625. The number of nitrogens with zero attached hydrogens (tertiary/aromatic N) is 2. The molecule has 0 atom stereocenters. The largest absolute Gasteiger partial charge is 0.497 e. The molecule has 0 spiro atoms. The molecule has 0 aliphatic carbocycles. The van der Waals surface area contributed by atoms with Gasteiger partial charge in [0.05, 0.1) is 7.11 Å². The van der Waals surface area contributed by atoms with E-state index in [1.54, 1.807) is 55.6 Å². The number of hydrogen-bond donors (Lipinski definition) is 1. The van der Waals surface area contributed by atoms with E-state index in [9.17, 15) is 4.79 Å². The second-order valence-electron chi connectivity index (χ2n) is 4.59. The van der Waals surface area contributed by atoms with Crippen molar-refractivity contribution in [3.8, 4) is 28.4 Å². The summed E-state index contributed by atoms with van der Waals surface area (Å²) in [5.41, 5.74) is 1.38. The molecule has 0 aliphatic heterocycles. The van der Waals surface area contributed by atoms with Crippen molar-refractivity contribution in [2.45, 2.75) is 0 Å². The fourth-order valence-corrected chi connectivity index (χ4v) is 2.14. The van der Waals surface area contributed by atoms with Crippen LogP contribution < -0.4 is 10.3 Å². The molecule has 0 saturated carbocycles. The third-order valence-corrected chi connectivity index (χ3v) is 3.43. The molecule has 0 saturated heterocycles. The first kappa shape index (κ1) is 14.3. The molecular formula is C16H12ClN3O2. The molecule has 0 amide bonds. The van der Waals surface area contributed by atoms with E-state index in [4.69, 9.17) is 16.3 Å². The third-order valence-electron chi connectivity index (χ3n) is 3.18. The van der Waals surface area contributed by atoms with Crippen molar-refractivity contribution >= 4 is 11.6 Å². The Bertz CT molecular complexity index is 843. The highest BCUT2D eigenvalue weighted by Crippen LogP contribution is 2.19. The van der Waals surface area contributed by atoms with E-state index >= 15 is 0 Å². The van der Waals surface area contributed by atoms with E-state index in [0.29, 0.717) is 16.4 Å². The molecule has 22 heavy (non-hydrogen) atoms. The standard InChI is InChI=1S/C16H12ClN3O2/c1-22-13-8-4-11(5-9-13)15-18-16(21)14(19-20-15)10-2-6-12(17)7-3-10/h2-9H,1H3,(H,18,20,21). The van der Waals surface area contributed by atoms with Gasteiger partial charge in [0.1, 0.15) is 5.75 Å². The molecule has 6 heteroatoms. The second kappa shape index (κ2) is 5.99. The lowest BCUT2D eigenvalue weighted by Crippen LogP contribution is -2.14. The van der Waals surface area contributed by atoms with E-state index in [1.807, 2.05) is 0 Å². The van der Waals surface area contributed by atoms with Crippen molar-refractivity contribution < 1.29 is 4.74 Å². The predicted octanol–water partition coefficient (Wildman–Crippen LogP) is 3.16. The second-order valence-corrected chi connectivity index (χ2v) is 5.02. The Morgan fingerprint density at radius 1 is 0.955 bits per heavy atom. The van der Waals surface area contributed by atoms with E-state index < -0.39 is 0 Å². The Labute approximate surface area is 131 Å². The van der Waals surface area contributed by atoms with Crippen molar-refractivity contribution in [3.05, 3.63) is 63.9 Å². The van der Waals surface area contributed by atoms with Gasteiger partial charge in [-0.15, -0.1) is 10.2 Å². The topological polar surface area (TPSA) is 67.9 Å². The number of halogens is 1. The molecule has 110 valence electrons. The molecule has 1 N–H and O–H groups in total. The zero-order valence-corrected chi connectivity index (χ0v) is 12.5. The van der Waals surface area contributed by atoms with Crippen molar-refractivity contribution in [1.29, 1.82) is 0 Å². The first-order chi connectivity index (χ1) is 10.7. The van der Waals surface area contributed by atoms with Gasteiger partial charge in [0, 0.05) is 16.1 Å². The summed E-state index contributed by atoms with van der Waals surface area (Å²) in [5.74, 6) is 1.14. The Morgan fingerprint density at radius 3 is 2.18 bits per heavy atom. The van der Waals surface area contributed by atoms with Crippen LogP contribution >= 0.6 is 11.6 Å². The highest BCUT2D eigenvalue weighted by Gasteiger charge is 2.09. The van der Waals surface area contributed by atoms with E-state index in [1.165, 1.54) is 0 Å². The van der Waals surface area contributed by atoms with Crippen LogP contribution in [-0.2, 0) is 0 Å². The number of nitrogens with one attached hydrogen (secondary N) is 1. The van der Waals surface area contributed by atoms with Gasteiger partial charge in [0.15, 0.2) is 11.5 Å². The van der Waals surface area contributed by atoms with Gasteiger partial charge < -0.3 is 9.72 Å².